The van der Waals surface area contributed by atoms with Crippen molar-refractivity contribution in [3.63, 3.8) is 0 Å². The van der Waals surface area contributed by atoms with Crippen molar-refractivity contribution < 1.29 is 9.18 Å². The summed E-state index contributed by atoms with van der Waals surface area (Å²) >= 11 is 1.34. The molecule has 2 rings (SSSR count). The van der Waals surface area contributed by atoms with Gasteiger partial charge in [0, 0.05) is 11.1 Å². The number of nitrogens with zero attached hydrogens (tertiary/aromatic N) is 1. The number of nitrogen functional groups attached to an aromatic ring is 1. The van der Waals surface area contributed by atoms with Gasteiger partial charge in [0.2, 0.25) is 0 Å². The number of amides is 1. The van der Waals surface area contributed by atoms with Gasteiger partial charge in [-0.2, -0.15) is 0 Å². The van der Waals surface area contributed by atoms with Gasteiger partial charge in [-0.1, -0.05) is 6.07 Å². The van der Waals surface area contributed by atoms with Gasteiger partial charge in [0.05, 0.1) is 11.3 Å². The molecular weight excluding hydrogens is 241 g/mol. The van der Waals surface area contributed by atoms with E-state index in [0.29, 0.717) is 5.13 Å². The van der Waals surface area contributed by atoms with Crippen molar-refractivity contribution in [1.82, 2.24) is 4.98 Å². The van der Waals surface area contributed by atoms with E-state index in [1.807, 2.05) is 6.92 Å². The summed E-state index contributed by atoms with van der Waals surface area (Å²) in [5.74, 6) is -1.07. The smallest absolute Gasteiger partial charge is 0.259 e. The first-order valence-corrected chi connectivity index (χ1v) is 5.67. The van der Waals surface area contributed by atoms with Crippen LogP contribution in [0.4, 0.5) is 15.2 Å². The Morgan fingerprint density at radius 3 is 2.94 bits per heavy atom. The quantitative estimate of drug-likeness (QED) is 0.805. The highest BCUT2D eigenvalue weighted by Gasteiger charge is 2.13. The molecule has 0 aliphatic heterocycles. The van der Waals surface area contributed by atoms with Crippen molar-refractivity contribution >= 4 is 28.1 Å². The Kier molecular flexibility index (Phi) is 3.06. The van der Waals surface area contributed by atoms with Crippen LogP contribution in [0.2, 0.25) is 0 Å². The third kappa shape index (κ3) is 2.42. The minimum Gasteiger partial charge on any atom is -0.396 e. The number of hydrogen-bond acceptors (Lipinski definition) is 4. The largest absolute Gasteiger partial charge is 0.396 e. The zero-order valence-electron chi connectivity index (χ0n) is 9.03. The van der Waals surface area contributed by atoms with Crippen LogP contribution in [0.3, 0.4) is 0 Å². The van der Waals surface area contributed by atoms with E-state index in [2.05, 4.69) is 10.3 Å². The molecule has 4 nitrogen and oxygen atoms in total. The molecule has 0 atom stereocenters. The number of benzene rings is 1. The topological polar surface area (TPSA) is 68.0 Å². The monoisotopic (exact) mass is 251 g/mol. The summed E-state index contributed by atoms with van der Waals surface area (Å²) in [6.45, 7) is 1.88. The second-order valence-electron chi connectivity index (χ2n) is 3.43. The van der Waals surface area contributed by atoms with Crippen LogP contribution in [0.25, 0.3) is 0 Å². The predicted octanol–water partition coefficient (Wildman–Crippen LogP) is 2.43. The molecule has 0 radical (unpaired) electrons. The molecule has 17 heavy (non-hydrogen) atoms. The van der Waals surface area contributed by atoms with Gasteiger partial charge in [0.1, 0.15) is 5.82 Å². The summed E-state index contributed by atoms with van der Waals surface area (Å²) in [6.07, 6.45) is 1.65. The van der Waals surface area contributed by atoms with Crippen LogP contribution in [0.5, 0.6) is 0 Å². The molecule has 6 heteroatoms. The lowest BCUT2D eigenvalue weighted by molar-refractivity contribution is 0.102. The number of aryl methyl sites for hydroxylation is 1. The van der Waals surface area contributed by atoms with Crippen molar-refractivity contribution in [3.05, 3.63) is 40.7 Å². The average Bonchev–Trinajstić information content (AvgIpc) is 2.68. The van der Waals surface area contributed by atoms with Gasteiger partial charge in [0.25, 0.3) is 5.91 Å². The SMILES string of the molecule is Cc1cnc(NC(=O)c2cccc(F)c2N)s1. The maximum atomic E-state index is 13.2. The average molecular weight is 251 g/mol. The highest BCUT2D eigenvalue weighted by Crippen LogP contribution is 2.20. The minimum absolute atomic E-state index is 0.109. The Bertz CT molecular complexity index is 568. The first-order chi connectivity index (χ1) is 8.08. The minimum atomic E-state index is -0.604. The molecule has 0 aliphatic rings. The predicted molar refractivity (Wildman–Crippen MR) is 65.6 cm³/mol. The number of para-hydroxylation sites is 1. The Morgan fingerprint density at radius 1 is 1.53 bits per heavy atom. The fraction of sp³-hybridized carbons (Fsp3) is 0.0909. The molecule has 1 aromatic heterocycles. The maximum absolute atomic E-state index is 13.2. The van der Waals surface area contributed by atoms with Gasteiger partial charge in [-0.3, -0.25) is 10.1 Å². The van der Waals surface area contributed by atoms with Crippen molar-refractivity contribution in [2.75, 3.05) is 11.1 Å². The van der Waals surface area contributed by atoms with Gasteiger partial charge in [-0.25, -0.2) is 9.37 Å². The molecule has 3 N–H and O–H groups in total. The van der Waals surface area contributed by atoms with E-state index in [-0.39, 0.29) is 11.3 Å². The highest BCUT2D eigenvalue weighted by atomic mass is 32.1. The molecular formula is C11H10FN3OS. The van der Waals surface area contributed by atoms with Crippen molar-refractivity contribution in [2.45, 2.75) is 6.92 Å². The Hall–Kier alpha value is -1.95. The zero-order chi connectivity index (χ0) is 12.4. The number of thiazole rings is 1. The van der Waals surface area contributed by atoms with E-state index in [1.54, 1.807) is 6.20 Å². The van der Waals surface area contributed by atoms with E-state index in [4.69, 9.17) is 5.73 Å². The lowest BCUT2D eigenvalue weighted by Gasteiger charge is -2.05. The Balaban J connectivity index is 2.23. The number of nitrogens with two attached hydrogens (primary N) is 1. The van der Waals surface area contributed by atoms with Crippen LogP contribution in [-0.2, 0) is 0 Å². The summed E-state index contributed by atoms with van der Waals surface area (Å²) in [5.41, 5.74) is 5.44. The Labute approximate surface area is 101 Å². The van der Waals surface area contributed by atoms with Crippen LogP contribution in [0.1, 0.15) is 15.2 Å². The van der Waals surface area contributed by atoms with Crippen LogP contribution in [0.15, 0.2) is 24.4 Å². The summed E-state index contributed by atoms with van der Waals surface area (Å²) in [7, 11) is 0. The van der Waals surface area contributed by atoms with E-state index in [0.717, 1.165) is 4.88 Å². The van der Waals surface area contributed by atoms with Crippen molar-refractivity contribution in [1.29, 1.82) is 0 Å². The fourth-order valence-electron chi connectivity index (χ4n) is 1.31. The summed E-state index contributed by atoms with van der Waals surface area (Å²) in [4.78, 5) is 16.8. The molecule has 0 unspecified atom stereocenters. The van der Waals surface area contributed by atoms with Gasteiger partial charge in [0.15, 0.2) is 5.13 Å². The number of anilines is 2. The Morgan fingerprint density at radius 2 is 2.29 bits per heavy atom. The first-order valence-electron chi connectivity index (χ1n) is 4.85. The van der Waals surface area contributed by atoms with Crippen molar-refractivity contribution in [2.24, 2.45) is 0 Å². The highest BCUT2D eigenvalue weighted by molar-refractivity contribution is 7.15. The van der Waals surface area contributed by atoms with Gasteiger partial charge >= 0.3 is 0 Å². The normalized spacial score (nSPS) is 10.2. The van der Waals surface area contributed by atoms with Crippen molar-refractivity contribution in [3.8, 4) is 0 Å². The zero-order valence-corrected chi connectivity index (χ0v) is 9.84. The van der Waals surface area contributed by atoms with E-state index < -0.39 is 11.7 Å². The van der Waals surface area contributed by atoms with Crippen LogP contribution < -0.4 is 11.1 Å². The van der Waals surface area contributed by atoms with E-state index in [9.17, 15) is 9.18 Å². The lowest BCUT2D eigenvalue weighted by Crippen LogP contribution is -2.14. The van der Waals surface area contributed by atoms with E-state index >= 15 is 0 Å². The molecule has 0 fully saturated rings. The second kappa shape index (κ2) is 4.50. The molecule has 2 aromatic rings. The molecule has 1 heterocycles. The molecule has 1 amide bonds. The maximum Gasteiger partial charge on any atom is 0.259 e. The fourth-order valence-corrected chi connectivity index (χ4v) is 1.97. The third-order valence-corrected chi connectivity index (χ3v) is 2.97. The number of halogens is 1. The molecule has 88 valence electrons. The van der Waals surface area contributed by atoms with E-state index in [1.165, 1.54) is 29.5 Å². The van der Waals surface area contributed by atoms with Crippen LogP contribution in [0, 0.1) is 12.7 Å². The van der Waals surface area contributed by atoms with Gasteiger partial charge in [-0.15, -0.1) is 11.3 Å². The number of hydrogen-bond donors (Lipinski definition) is 2. The number of rotatable bonds is 2. The summed E-state index contributed by atoms with van der Waals surface area (Å²) in [6, 6.07) is 4.11. The molecule has 0 aliphatic carbocycles. The molecule has 0 bridgehead atoms. The first kappa shape index (κ1) is 11.5. The third-order valence-electron chi connectivity index (χ3n) is 2.14. The molecule has 1 aromatic carbocycles. The molecule has 0 saturated carbocycles. The number of carbonyl (C=O) groups is 1. The second-order valence-corrected chi connectivity index (χ2v) is 4.67. The summed E-state index contributed by atoms with van der Waals surface area (Å²) < 4.78 is 13.2. The number of nitrogens with one attached hydrogen (secondary N) is 1. The number of aromatic nitrogens is 1. The standard InChI is InChI=1S/C11H10FN3OS/c1-6-5-14-11(17-6)15-10(16)7-3-2-4-8(12)9(7)13/h2-5H,13H2,1H3,(H,14,15,16). The number of carbonyl (C=O) groups excluding carboxylic acids is 1. The summed E-state index contributed by atoms with van der Waals surface area (Å²) in [5, 5.41) is 3.04. The lowest BCUT2D eigenvalue weighted by atomic mass is 10.1. The molecule has 0 spiro atoms. The van der Waals surface area contributed by atoms with Gasteiger partial charge in [-0.05, 0) is 19.1 Å². The van der Waals surface area contributed by atoms with Crippen LogP contribution >= 0.6 is 11.3 Å². The van der Waals surface area contributed by atoms with Crippen LogP contribution in [-0.4, -0.2) is 10.9 Å². The van der Waals surface area contributed by atoms with Gasteiger partial charge < -0.3 is 5.73 Å². The molecule has 0 saturated heterocycles.